The lowest BCUT2D eigenvalue weighted by atomic mass is 9.70. The Labute approximate surface area is 210 Å². The first-order valence-electron chi connectivity index (χ1n) is 14.0. The molecule has 192 valence electrons. The molecule has 0 spiro atoms. The molecule has 0 saturated carbocycles. The summed E-state index contributed by atoms with van der Waals surface area (Å²) in [5.41, 5.74) is 5.21. The van der Waals surface area contributed by atoms with Crippen molar-refractivity contribution in [2.24, 2.45) is 0 Å². The number of nitrogens with zero attached hydrogens (tertiary/aromatic N) is 1. The minimum absolute atomic E-state index is 0.0700. The molecule has 3 nitrogen and oxygen atoms in total. The average Bonchev–Trinajstić information content (AvgIpc) is 3.17. The molecule has 0 fully saturated rings. The fourth-order valence-corrected chi connectivity index (χ4v) is 4.93. The molecular weight excluding hydrogens is 418 g/mol. The number of rotatable bonds is 11. The smallest absolute Gasteiger partial charge is 0.258 e. The number of hydrogen-bond acceptors (Lipinski definition) is 2. The summed E-state index contributed by atoms with van der Waals surface area (Å²) in [6.07, 6.45) is 12.0. The van der Waals surface area contributed by atoms with Crippen molar-refractivity contribution < 1.29 is 4.92 Å². The Hall–Kier alpha value is -2.16. The number of benzene rings is 2. The molecule has 0 saturated heterocycles. The van der Waals surface area contributed by atoms with Gasteiger partial charge in [-0.2, -0.15) is 0 Å². The van der Waals surface area contributed by atoms with Crippen molar-refractivity contribution in [3.63, 3.8) is 0 Å². The van der Waals surface area contributed by atoms with E-state index in [1.165, 1.54) is 73.6 Å². The average molecular weight is 470 g/mol. The van der Waals surface area contributed by atoms with Crippen LogP contribution >= 0.6 is 0 Å². The van der Waals surface area contributed by atoms with E-state index >= 15 is 0 Å². The molecule has 2 aromatic rings. The Bertz CT molecular complexity index is 801. The highest BCUT2D eigenvalue weighted by molar-refractivity contribution is 5.82. The summed E-state index contributed by atoms with van der Waals surface area (Å²) < 4.78 is 0. The zero-order valence-corrected chi connectivity index (χ0v) is 23.4. The van der Waals surface area contributed by atoms with Crippen LogP contribution in [0.3, 0.4) is 0 Å². The molecular formula is C31H51NO2. The quantitative estimate of drug-likeness (QED) is 0.186. The number of unbranched alkanes of at least 4 members (excludes halogenated alkanes) is 6. The van der Waals surface area contributed by atoms with Crippen molar-refractivity contribution in [2.75, 3.05) is 0 Å². The number of nitro benzene ring substituents is 1. The molecule has 2 aromatic carbocycles. The summed E-state index contributed by atoms with van der Waals surface area (Å²) >= 11 is 0. The normalized spacial score (nSPS) is 12.0. The molecule has 0 bridgehead atoms. The van der Waals surface area contributed by atoms with Crippen LogP contribution in [0.4, 0.5) is 5.69 Å². The lowest BCUT2D eigenvalue weighted by Gasteiger charge is -2.32. The van der Waals surface area contributed by atoms with E-state index in [0.717, 1.165) is 12.8 Å². The Morgan fingerprint density at radius 1 is 0.676 bits per heavy atom. The van der Waals surface area contributed by atoms with E-state index in [1.54, 1.807) is 6.07 Å². The molecule has 0 N–H and O–H groups in total. The van der Waals surface area contributed by atoms with Crippen LogP contribution in [-0.4, -0.2) is 4.92 Å². The van der Waals surface area contributed by atoms with Gasteiger partial charge in [0, 0.05) is 17.5 Å². The summed E-state index contributed by atoms with van der Waals surface area (Å²) in [4.78, 5) is 11.2. The van der Waals surface area contributed by atoms with Gasteiger partial charge in [-0.25, -0.2) is 0 Å². The highest BCUT2D eigenvalue weighted by atomic mass is 16.6. The van der Waals surface area contributed by atoms with Crippen LogP contribution in [0, 0.1) is 10.1 Å². The zero-order valence-electron chi connectivity index (χ0n) is 23.4. The molecule has 34 heavy (non-hydrogen) atoms. The van der Waals surface area contributed by atoms with E-state index in [0.29, 0.717) is 0 Å². The molecule has 3 heteroatoms. The van der Waals surface area contributed by atoms with Crippen molar-refractivity contribution >= 4 is 5.69 Å². The topological polar surface area (TPSA) is 43.1 Å². The second kappa shape index (κ2) is 18.2. The third kappa shape index (κ3) is 7.96. The number of non-ortho nitro benzene ring substituents is 1. The van der Waals surface area contributed by atoms with Crippen LogP contribution in [0.1, 0.15) is 131 Å². The van der Waals surface area contributed by atoms with Crippen molar-refractivity contribution in [1.82, 2.24) is 0 Å². The Kier molecular flexibility index (Phi) is 17.0. The van der Waals surface area contributed by atoms with Gasteiger partial charge in [0.2, 0.25) is 0 Å². The van der Waals surface area contributed by atoms with Gasteiger partial charge in [-0.3, -0.25) is 10.1 Å². The molecule has 0 aliphatic heterocycles. The maximum absolute atomic E-state index is 11.5. The van der Waals surface area contributed by atoms with Crippen molar-refractivity contribution in [1.29, 1.82) is 0 Å². The number of hydrogen-bond donors (Lipinski definition) is 0. The summed E-state index contributed by atoms with van der Waals surface area (Å²) in [6, 6.07) is 14.2. The number of nitro groups is 1. The monoisotopic (exact) mass is 469 g/mol. The standard InChI is InChI=1S/C25H33NO2.3C2H6/c1-3-5-7-11-17-25(18-12-8-6-4-2)23-14-10-9-13-21(23)22-16-15-20(26(27)28)19-24(22)25;3*1-2/h9-10,13-16,19H,3-8,11-12,17-18H2,1-2H3;3*1-2H3. The molecule has 0 atom stereocenters. The summed E-state index contributed by atoms with van der Waals surface area (Å²) in [5, 5.41) is 11.5. The minimum atomic E-state index is -0.248. The van der Waals surface area contributed by atoms with E-state index < -0.39 is 0 Å². The second-order valence-electron chi connectivity index (χ2n) is 8.24. The molecule has 0 heterocycles. The highest BCUT2D eigenvalue weighted by Gasteiger charge is 2.42. The Morgan fingerprint density at radius 3 is 1.68 bits per heavy atom. The van der Waals surface area contributed by atoms with Crippen molar-refractivity contribution in [2.45, 2.75) is 125 Å². The largest absolute Gasteiger partial charge is 0.269 e. The molecule has 1 aliphatic carbocycles. The second-order valence-corrected chi connectivity index (χ2v) is 8.24. The molecule has 3 rings (SSSR count). The fourth-order valence-electron chi connectivity index (χ4n) is 4.93. The van der Waals surface area contributed by atoms with E-state index in [-0.39, 0.29) is 16.0 Å². The van der Waals surface area contributed by atoms with E-state index in [4.69, 9.17) is 0 Å². The van der Waals surface area contributed by atoms with Gasteiger partial charge in [0.25, 0.3) is 5.69 Å². The Balaban J connectivity index is 0.00000168. The van der Waals surface area contributed by atoms with Crippen LogP contribution < -0.4 is 0 Å². The van der Waals surface area contributed by atoms with E-state index in [1.807, 2.05) is 53.7 Å². The van der Waals surface area contributed by atoms with Crippen LogP contribution in [0.2, 0.25) is 0 Å². The number of fused-ring (bicyclic) bond motifs is 3. The Morgan fingerprint density at radius 2 is 1.18 bits per heavy atom. The van der Waals surface area contributed by atoms with Gasteiger partial charge < -0.3 is 0 Å². The maximum atomic E-state index is 11.5. The van der Waals surface area contributed by atoms with Gasteiger partial charge in [0.15, 0.2) is 0 Å². The maximum Gasteiger partial charge on any atom is 0.269 e. The molecule has 0 amide bonds. The van der Waals surface area contributed by atoms with Gasteiger partial charge >= 0.3 is 0 Å². The molecule has 1 aliphatic rings. The van der Waals surface area contributed by atoms with Gasteiger partial charge in [-0.05, 0) is 41.2 Å². The van der Waals surface area contributed by atoms with Crippen LogP contribution in [0.25, 0.3) is 11.1 Å². The molecule has 0 unspecified atom stereocenters. The summed E-state index contributed by atoms with van der Waals surface area (Å²) in [7, 11) is 0. The van der Waals surface area contributed by atoms with Gasteiger partial charge in [0.05, 0.1) is 4.92 Å². The van der Waals surface area contributed by atoms with Gasteiger partial charge in [-0.15, -0.1) is 0 Å². The lowest BCUT2D eigenvalue weighted by molar-refractivity contribution is -0.384. The van der Waals surface area contributed by atoms with Gasteiger partial charge in [-0.1, -0.05) is 131 Å². The van der Waals surface area contributed by atoms with Crippen LogP contribution in [0.15, 0.2) is 42.5 Å². The minimum Gasteiger partial charge on any atom is -0.258 e. The molecule has 0 aromatic heterocycles. The first-order valence-corrected chi connectivity index (χ1v) is 14.0. The van der Waals surface area contributed by atoms with Crippen LogP contribution in [0.5, 0.6) is 0 Å². The summed E-state index contributed by atoms with van der Waals surface area (Å²) in [5.74, 6) is 0. The first-order chi connectivity index (χ1) is 16.6. The van der Waals surface area contributed by atoms with Crippen LogP contribution in [-0.2, 0) is 5.41 Å². The lowest BCUT2D eigenvalue weighted by Crippen LogP contribution is -2.25. The first kappa shape index (κ1) is 31.8. The predicted octanol–water partition coefficient (Wildman–Crippen LogP) is 10.9. The van der Waals surface area contributed by atoms with E-state index in [2.05, 4.69) is 38.1 Å². The SMILES string of the molecule is CC.CC.CC.CCCCCCC1(CCCCCC)c2ccccc2-c2ccc([N+](=O)[O-])cc21. The highest BCUT2D eigenvalue weighted by Crippen LogP contribution is 2.54. The summed E-state index contributed by atoms with van der Waals surface area (Å²) in [6.45, 7) is 16.5. The van der Waals surface area contributed by atoms with E-state index in [9.17, 15) is 10.1 Å². The van der Waals surface area contributed by atoms with Crippen molar-refractivity contribution in [3.05, 3.63) is 63.7 Å². The van der Waals surface area contributed by atoms with Gasteiger partial charge in [0.1, 0.15) is 0 Å². The van der Waals surface area contributed by atoms with Crippen molar-refractivity contribution in [3.8, 4) is 11.1 Å². The third-order valence-electron chi connectivity index (χ3n) is 6.38. The molecule has 0 radical (unpaired) electrons. The predicted molar refractivity (Wildman–Crippen MR) is 151 cm³/mol. The third-order valence-corrected chi connectivity index (χ3v) is 6.38. The fraction of sp³-hybridized carbons (Fsp3) is 0.613. The zero-order chi connectivity index (χ0) is 26.0.